The Morgan fingerprint density at radius 2 is 2.27 bits per heavy atom. The maximum Gasteiger partial charge on any atom is 0.246 e. The van der Waals surface area contributed by atoms with Crippen LogP contribution < -0.4 is 17.0 Å². The molecule has 2 saturated carbocycles. The Kier molecular flexibility index (Phi) is 9.32. The molecule has 1 amide bonds. The van der Waals surface area contributed by atoms with Crippen molar-refractivity contribution in [2.45, 2.75) is 64.4 Å². The first-order valence-corrected chi connectivity index (χ1v) is 12.3. The molecule has 4 unspecified atom stereocenters. The minimum absolute atomic E-state index is 0.0470. The van der Waals surface area contributed by atoms with E-state index in [1.54, 1.807) is 12.4 Å². The third-order valence-corrected chi connectivity index (χ3v) is 7.50. The number of nitrogens with one attached hydrogen (secondary N) is 1. The van der Waals surface area contributed by atoms with E-state index in [0.29, 0.717) is 11.1 Å². The highest BCUT2D eigenvalue weighted by Crippen LogP contribution is 2.52. The molecule has 182 valence electrons. The van der Waals surface area contributed by atoms with E-state index in [1.165, 1.54) is 57.2 Å². The topological polar surface area (TPSA) is 106 Å². The summed E-state index contributed by atoms with van der Waals surface area (Å²) in [5.74, 6) is 6.94. The predicted octanol–water partition coefficient (Wildman–Crippen LogP) is 3.59. The van der Waals surface area contributed by atoms with Crippen LogP contribution in [0.2, 0.25) is 0 Å². The van der Waals surface area contributed by atoms with Crippen molar-refractivity contribution in [1.82, 2.24) is 15.3 Å². The van der Waals surface area contributed by atoms with E-state index in [-0.39, 0.29) is 12.0 Å². The molecule has 2 heterocycles. The highest BCUT2D eigenvalue weighted by Gasteiger charge is 2.43. The van der Waals surface area contributed by atoms with Crippen molar-refractivity contribution < 1.29 is 9.53 Å². The number of carbonyl (C=O) groups excluding carboxylic acids is 1. The summed E-state index contributed by atoms with van der Waals surface area (Å²) >= 11 is 0. The summed E-state index contributed by atoms with van der Waals surface area (Å²) in [6.07, 6.45) is 17.2. The van der Waals surface area contributed by atoms with Crippen LogP contribution in [0.3, 0.4) is 0 Å². The van der Waals surface area contributed by atoms with Crippen LogP contribution in [0.4, 0.5) is 0 Å². The summed E-state index contributed by atoms with van der Waals surface area (Å²) in [5, 5.41) is 0. The summed E-state index contributed by atoms with van der Waals surface area (Å²) in [6, 6.07) is 3.67. The molecule has 2 aliphatic carbocycles. The first-order valence-electron chi connectivity index (χ1n) is 12.3. The molecule has 4 atom stereocenters. The van der Waals surface area contributed by atoms with Crippen LogP contribution in [-0.2, 0) is 9.53 Å². The molecular weight excluding hydrogens is 414 g/mol. The number of hydrazine groups is 1. The maximum atomic E-state index is 11.7. The summed E-state index contributed by atoms with van der Waals surface area (Å²) in [4.78, 5) is 17.4. The fourth-order valence-corrected chi connectivity index (χ4v) is 5.83. The molecule has 0 aromatic carbocycles. The number of amides is 1. The monoisotopic (exact) mass is 455 g/mol. The lowest BCUT2D eigenvalue weighted by Crippen LogP contribution is -2.41. The first kappa shape index (κ1) is 25.2. The zero-order valence-corrected chi connectivity index (χ0v) is 20.0. The number of hydrogen-bond donors (Lipinski definition) is 3. The number of nitrogens with zero attached hydrogens (tertiary/aromatic N) is 2. The molecule has 7 nitrogen and oxygen atoms in total. The van der Waals surface area contributed by atoms with Gasteiger partial charge in [-0.05, 0) is 67.6 Å². The van der Waals surface area contributed by atoms with Gasteiger partial charge in [-0.3, -0.25) is 15.6 Å². The lowest BCUT2D eigenvalue weighted by molar-refractivity contribution is -0.125. The van der Waals surface area contributed by atoms with E-state index in [1.807, 2.05) is 17.0 Å². The third kappa shape index (κ3) is 7.05. The lowest BCUT2D eigenvalue weighted by Gasteiger charge is -2.48. The van der Waals surface area contributed by atoms with Gasteiger partial charge in [0.15, 0.2) is 0 Å². The minimum atomic E-state index is 0.0470. The Morgan fingerprint density at radius 3 is 2.97 bits per heavy atom. The number of carbonyl (C=O) groups is 1. The number of pyridine rings is 1. The van der Waals surface area contributed by atoms with Crippen molar-refractivity contribution in [2.75, 3.05) is 19.7 Å². The van der Waals surface area contributed by atoms with Crippen molar-refractivity contribution in [3.63, 3.8) is 0 Å². The van der Waals surface area contributed by atoms with Gasteiger partial charge in [0.05, 0.1) is 18.4 Å². The molecular formula is C26H41N5O2. The molecule has 3 aliphatic rings. The zero-order chi connectivity index (χ0) is 23.7. The molecule has 5 N–H and O–H groups in total. The van der Waals surface area contributed by atoms with E-state index >= 15 is 0 Å². The van der Waals surface area contributed by atoms with Crippen LogP contribution >= 0.6 is 0 Å². The Morgan fingerprint density at radius 1 is 1.42 bits per heavy atom. The highest BCUT2D eigenvalue weighted by atomic mass is 16.5. The Hall–Kier alpha value is -2.38. The van der Waals surface area contributed by atoms with Gasteiger partial charge in [0.1, 0.15) is 0 Å². The number of hydrogen-bond acceptors (Lipinski definition) is 6. The number of likely N-dealkylation sites (tertiary alicyclic amines) is 1. The molecule has 7 heteroatoms. The summed E-state index contributed by atoms with van der Waals surface area (Å²) in [7, 11) is 0. The van der Waals surface area contributed by atoms with Gasteiger partial charge in [0.25, 0.3) is 0 Å². The number of ether oxygens (including phenoxy) is 1. The van der Waals surface area contributed by atoms with Gasteiger partial charge in [-0.25, -0.2) is 0 Å². The fourth-order valence-electron chi connectivity index (χ4n) is 5.83. The molecule has 2 bridgehead atoms. The lowest BCUT2D eigenvalue weighted by atomic mass is 9.59. The Labute approximate surface area is 198 Å². The number of fused-ring (bicyclic) bond motifs is 2. The molecule has 4 rings (SSSR count). The molecule has 3 fully saturated rings. The average molecular weight is 456 g/mol. The molecule has 1 saturated heterocycles. The van der Waals surface area contributed by atoms with Crippen LogP contribution in [0.1, 0.15) is 63.9 Å². The Balaban J connectivity index is 0.000000235. The van der Waals surface area contributed by atoms with Crippen molar-refractivity contribution in [3.8, 4) is 0 Å². The largest absolute Gasteiger partial charge is 0.397 e. The number of rotatable bonds is 7. The first-order chi connectivity index (χ1) is 16.0. The molecule has 0 spiro atoms. The smallest absolute Gasteiger partial charge is 0.246 e. The summed E-state index contributed by atoms with van der Waals surface area (Å²) in [5.41, 5.74) is 9.80. The number of aromatic nitrogens is 1. The van der Waals surface area contributed by atoms with E-state index in [4.69, 9.17) is 16.3 Å². The second-order valence-electron chi connectivity index (χ2n) is 9.89. The van der Waals surface area contributed by atoms with Gasteiger partial charge >= 0.3 is 0 Å². The van der Waals surface area contributed by atoms with Crippen molar-refractivity contribution in [2.24, 2.45) is 28.8 Å². The summed E-state index contributed by atoms with van der Waals surface area (Å²) in [6.45, 7) is 8.41. The highest BCUT2D eigenvalue weighted by molar-refractivity contribution is 5.87. The number of nitrogens with two attached hydrogens (primary N) is 2. The normalized spacial score (nSPS) is 29.1. The van der Waals surface area contributed by atoms with E-state index in [0.717, 1.165) is 43.5 Å². The molecule has 1 aliphatic heterocycles. The fraction of sp³-hybridized carbons (Fsp3) is 0.615. The van der Waals surface area contributed by atoms with Crippen LogP contribution in [0.5, 0.6) is 0 Å². The predicted molar refractivity (Wildman–Crippen MR) is 132 cm³/mol. The van der Waals surface area contributed by atoms with Crippen LogP contribution in [0.25, 0.3) is 5.70 Å². The van der Waals surface area contributed by atoms with E-state index in [2.05, 4.69) is 23.9 Å². The van der Waals surface area contributed by atoms with Crippen molar-refractivity contribution >= 4 is 11.6 Å². The van der Waals surface area contributed by atoms with E-state index in [9.17, 15) is 4.79 Å². The molecule has 0 radical (unpaired) electrons. The van der Waals surface area contributed by atoms with Gasteiger partial charge in [-0.2, -0.15) is 0 Å². The minimum Gasteiger partial charge on any atom is -0.397 e. The van der Waals surface area contributed by atoms with Crippen molar-refractivity contribution in [1.29, 1.82) is 0 Å². The Bertz CT molecular complexity index is 799. The standard InChI is InChI=1S/C19H31NO2.C7H10N4/c1-3-15-10-16-6-5-8-19(11-15,12-16)14-22-17-7-9-20(13-17)18(21)4-2;8-7(5-11-9)6-2-1-3-10-4-6/h4,15-17H,2-3,5-14H2,1H3;1-5,11H,8-9H2/b;7-5-. The van der Waals surface area contributed by atoms with Gasteiger partial charge < -0.3 is 20.8 Å². The second kappa shape index (κ2) is 12.2. The van der Waals surface area contributed by atoms with Crippen LogP contribution in [0.15, 0.2) is 43.4 Å². The molecule has 1 aromatic heterocycles. The SMILES string of the molecule is C=CC(=O)N1CCC(OCC23CCCC(CC(CC)C2)C3)C1.NN/C=C(\N)c1cccnc1. The zero-order valence-electron chi connectivity index (χ0n) is 20.0. The third-order valence-electron chi connectivity index (χ3n) is 7.50. The van der Waals surface area contributed by atoms with Gasteiger partial charge in [-0.1, -0.05) is 32.8 Å². The van der Waals surface area contributed by atoms with Gasteiger partial charge in [0, 0.05) is 37.2 Å². The average Bonchev–Trinajstić information content (AvgIpc) is 3.32. The quantitative estimate of drug-likeness (QED) is 0.330. The molecule has 33 heavy (non-hydrogen) atoms. The molecule has 1 aromatic rings. The maximum absolute atomic E-state index is 11.7. The van der Waals surface area contributed by atoms with Crippen molar-refractivity contribution in [3.05, 3.63) is 48.9 Å². The van der Waals surface area contributed by atoms with E-state index < -0.39 is 0 Å². The second-order valence-corrected chi connectivity index (χ2v) is 9.89. The van der Waals surface area contributed by atoms with Crippen LogP contribution in [-0.4, -0.2) is 41.6 Å². The van der Waals surface area contributed by atoms with Gasteiger partial charge in [0.2, 0.25) is 5.91 Å². The summed E-state index contributed by atoms with van der Waals surface area (Å²) < 4.78 is 6.31. The van der Waals surface area contributed by atoms with Crippen LogP contribution in [0, 0.1) is 17.3 Å². The van der Waals surface area contributed by atoms with Gasteiger partial charge in [-0.15, -0.1) is 0 Å².